The monoisotopic (exact) mass is 438 g/mol. The number of benzene rings is 1. The molecule has 1 spiro atoms. The van der Waals surface area contributed by atoms with Crippen LogP contribution in [0.2, 0.25) is 5.02 Å². The van der Waals surface area contributed by atoms with Gasteiger partial charge in [0.1, 0.15) is 5.58 Å². The van der Waals surface area contributed by atoms with E-state index in [1.165, 1.54) is 0 Å². The molecule has 3 amide bonds. The molecule has 0 atom stereocenters. The van der Waals surface area contributed by atoms with Crippen molar-refractivity contribution in [3.8, 4) is 0 Å². The number of carbonyl (C=O) groups excluding carboxylic acids is 2. The van der Waals surface area contributed by atoms with Crippen LogP contribution in [0, 0.1) is 0 Å². The van der Waals surface area contributed by atoms with Crippen LogP contribution in [0.25, 0.3) is 11.0 Å². The van der Waals surface area contributed by atoms with Crippen LogP contribution >= 0.6 is 11.6 Å². The van der Waals surface area contributed by atoms with Gasteiger partial charge in [-0.2, -0.15) is 0 Å². The third-order valence-corrected chi connectivity index (χ3v) is 6.53. The second-order valence-electron chi connectivity index (χ2n) is 8.38. The molecule has 8 heteroatoms. The predicted octanol–water partition coefficient (Wildman–Crippen LogP) is 5.05. The normalized spacial score (nSPS) is 17.2. The number of anilines is 1. The van der Waals surface area contributed by atoms with Gasteiger partial charge in [-0.3, -0.25) is 9.78 Å². The summed E-state index contributed by atoms with van der Waals surface area (Å²) in [6.45, 7) is 0.421. The van der Waals surface area contributed by atoms with Gasteiger partial charge in [-0.05, 0) is 36.6 Å². The van der Waals surface area contributed by atoms with Gasteiger partial charge in [0.25, 0.3) is 5.91 Å². The van der Waals surface area contributed by atoms with Gasteiger partial charge in [0.05, 0.1) is 16.2 Å². The SMILES string of the molecule is CN(Cc1cccnc1)C(=O)c1cc2cc(Cl)c3c(c2o1)C1(CCCCC1)NC(=O)N3. The van der Waals surface area contributed by atoms with E-state index >= 15 is 0 Å². The Kier molecular flexibility index (Phi) is 4.85. The molecule has 3 aromatic rings. The van der Waals surface area contributed by atoms with Crippen LogP contribution in [0.15, 0.2) is 41.1 Å². The molecule has 0 bridgehead atoms. The largest absolute Gasteiger partial charge is 0.450 e. The highest BCUT2D eigenvalue weighted by Crippen LogP contribution is 2.49. The van der Waals surface area contributed by atoms with Gasteiger partial charge in [0, 0.05) is 36.9 Å². The number of aromatic nitrogens is 1. The summed E-state index contributed by atoms with van der Waals surface area (Å²) < 4.78 is 6.15. The highest BCUT2D eigenvalue weighted by Gasteiger charge is 2.44. The van der Waals surface area contributed by atoms with Crippen molar-refractivity contribution in [2.75, 3.05) is 12.4 Å². The van der Waals surface area contributed by atoms with E-state index in [0.29, 0.717) is 22.8 Å². The number of halogens is 1. The van der Waals surface area contributed by atoms with Crippen LogP contribution in [-0.2, 0) is 12.1 Å². The number of hydrogen-bond acceptors (Lipinski definition) is 4. The van der Waals surface area contributed by atoms with E-state index in [1.807, 2.05) is 12.1 Å². The zero-order valence-electron chi connectivity index (χ0n) is 17.2. The molecule has 2 aliphatic rings. The van der Waals surface area contributed by atoms with E-state index in [-0.39, 0.29) is 17.7 Å². The molecule has 1 aliphatic carbocycles. The molecule has 31 heavy (non-hydrogen) atoms. The van der Waals surface area contributed by atoms with E-state index in [2.05, 4.69) is 15.6 Å². The van der Waals surface area contributed by atoms with Gasteiger partial charge < -0.3 is 20.0 Å². The van der Waals surface area contributed by atoms with Crippen LogP contribution in [0.5, 0.6) is 0 Å². The predicted molar refractivity (Wildman–Crippen MR) is 118 cm³/mol. The second kappa shape index (κ2) is 7.57. The number of furan rings is 1. The van der Waals surface area contributed by atoms with E-state index in [0.717, 1.165) is 48.6 Å². The lowest BCUT2D eigenvalue weighted by atomic mass is 9.74. The zero-order valence-corrected chi connectivity index (χ0v) is 18.0. The molecule has 0 radical (unpaired) electrons. The van der Waals surface area contributed by atoms with E-state index in [9.17, 15) is 9.59 Å². The number of pyridine rings is 1. The quantitative estimate of drug-likeness (QED) is 0.599. The lowest BCUT2D eigenvalue weighted by Gasteiger charge is -2.42. The maximum absolute atomic E-state index is 13.1. The minimum atomic E-state index is -0.529. The van der Waals surface area contributed by atoms with Crippen molar-refractivity contribution in [3.63, 3.8) is 0 Å². The highest BCUT2D eigenvalue weighted by atomic mass is 35.5. The number of hydrogen-bond donors (Lipinski definition) is 2. The number of nitrogens with one attached hydrogen (secondary N) is 2. The summed E-state index contributed by atoms with van der Waals surface area (Å²) in [7, 11) is 1.73. The molecule has 0 unspecified atom stereocenters. The summed E-state index contributed by atoms with van der Waals surface area (Å²) >= 11 is 6.56. The van der Waals surface area contributed by atoms with Crippen molar-refractivity contribution >= 4 is 40.2 Å². The third-order valence-electron chi connectivity index (χ3n) is 6.24. The van der Waals surface area contributed by atoms with Gasteiger partial charge in [-0.15, -0.1) is 0 Å². The Bertz CT molecular complexity index is 1170. The van der Waals surface area contributed by atoms with E-state index in [1.54, 1.807) is 36.5 Å². The Morgan fingerprint density at radius 3 is 2.84 bits per heavy atom. The topological polar surface area (TPSA) is 87.5 Å². The molecule has 1 aromatic carbocycles. The molecular weight excluding hydrogens is 416 g/mol. The third kappa shape index (κ3) is 3.43. The Labute approximate surface area is 184 Å². The van der Waals surface area contributed by atoms with E-state index < -0.39 is 5.54 Å². The van der Waals surface area contributed by atoms with Crippen LogP contribution in [0.4, 0.5) is 10.5 Å². The standard InChI is InChI=1S/C23H23ClN4O3/c1-28(13-14-6-5-9-25-12-14)21(29)17-11-15-10-16(24)19-18(20(15)31-17)23(27-22(30)26-19)7-3-2-4-8-23/h5-6,9-12H,2-4,7-8,13H2,1H3,(H2,26,27,30). The summed E-state index contributed by atoms with van der Waals surface area (Å²) in [5, 5.41) is 7.18. The first-order chi connectivity index (χ1) is 15.0. The number of urea groups is 1. The summed E-state index contributed by atoms with van der Waals surface area (Å²) in [5.41, 5.74) is 2.44. The lowest BCUT2D eigenvalue weighted by Crippen LogP contribution is -2.52. The first kappa shape index (κ1) is 19.9. The van der Waals surface area contributed by atoms with Gasteiger partial charge in [0.15, 0.2) is 5.76 Å². The molecule has 0 saturated heterocycles. The Morgan fingerprint density at radius 1 is 1.29 bits per heavy atom. The van der Waals surface area contributed by atoms with Gasteiger partial charge in [-0.1, -0.05) is 36.9 Å². The van der Waals surface area contributed by atoms with Gasteiger partial charge >= 0.3 is 6.03 Å². The van der Waals surface area contributed by atoms with Crippen molar-refractivity contribution in [3.05, 3.63) is 58.6 Å². The fraction of sp³-hybridized carbons (Fsp3) is 0.348. The molecule has 7 nitrogen and oxygen atoms in total. The number of carbonyl (C=O) groups is 2. The van der Waals surface area contributed by atoms with Crippen molar-refractivity contribution in [2.24, 2.45) is 0 Å². The van der Waals surface area contributed by atoms with Crippen molar-refractivity contribution in [1.29, 1.82) is 0 Å². The zero-order chi connectivity index (χ0) is 21.6. The fourth-order valence-electron chi connectivity index (χ4n) is 4.81. The van der Waals surface area contributed by atoms with Gasteiger partial charge in [0.2, 0.25) is 0 Å². The summed E-state index contributed by atoms with van der Waals surface area (Å²) in [4.78, 5) is 31.2. The van der Waals surface area contributed by atoms with Crippen LogP contribution in [0.1, 0.15) is 53.8 Å². The van der Waals surface area contributed by atoms with Crippen LogP contribution in [0.3, 0.4) is 0 Å². The van der Waals surface area contributed by atoms with Crippen molar-refractivity contribution in [1.82, 2.24) is 15.2 Å². The molecule has 1 saturated carbocycles. The number of amides is 3. The second-order valence-corrected chi connectivity index (χ2v) is 8.79. The lowest BCUT2D eigenvalue weighted by molar-refractivity contribution is 0.0755. The fourth-order valence-corrected chi connectivity index (χ4v) is 5.07. The molecule has 160 valence electrons. The summed E-state index contributed by atoms with van der Waals surface area (Å²) in [6.07, 6.45) is 8.21. The highest BCUT2D eigenvalue weighted by molar-refractivity contribution is 6.35. The molecule has 5 rings (SSSR count). The maximum Gasteiger partial charge on any atom is 0.319 e. The maximum atomic E-state index is 13.1. The molecule has 2 aromatic heterocycles. The van der Waals surface area contributed by atoms with E-state index in [4.69, 9.17) is 16.0 Å². The van der Waals surface area contributed by atoms with Crippen LogP contribution in [-0.4, -0.2) is 28.9 Å². The van der Waals surface area contributed by atoms with Crippen LogP contribution < -0.4 is 10.6 Å². The summed E-state index contributed by atoms with van der Waals surface area (Å²) in [5.74, 6) is 0.0177. The average Bonchev–Trinajstić information content (AvgIpc) is 3.17. The molecule has 2 N–H and O–H groups in total. The molecule has 1 fully saturated rings. The average molecular weight is 439 g/mol. The van der Waals surface area contributed by atoms with Gasteiger partial charge in [-0.25, -0.2) is 4.79 Å². The Balaban J connectivity index is 1.57. The molecule has 1 aliphatic heterocycles. The molecule has 3 heterocycles. The number of nitrogens with zero attached hydrogens (tertiary/aromatic N) is 2. The number of fused-ring (bicyclic) bond motifs is 4. The first-order valence-corrected chi connectivity index (χ1v) is 10.8. The van der Waals surface area contributed by atoms with Crippen molar-refractivity contribution < 1.29 is 14.0 Å². The number of rotatable bonds is 3. The minimum absolute atomic E-state index is 0.226. The smallest absolute Gasteiger partial charge is 0.319 e. The Hall–Kier alpha value is -3.06. The minimum Gasteiger partial charge on any atom is -0.450 e. The molecular formula is C23H23ClN4O3. The first-order valence-electron chi connectivity index (χ1n) is 10.5. The summed E-state index contributed by atoms with van der Waals surface area (Å²) in [6, 6.07) is 6.99. The van der Waals surface area contributed by atoms with Crippen molar-refractivity contribution in [2.45, 2.75) is 44.2 Å². The Morgan fingerprint density at radius 2 is 2.10 bits per heavy atom.